The molecule has 2 rings (SSSR count). The number of hydrogen-bond donors (Lipinski definition) is 3. The number of carbonyl (C=O) groups is 2. The molecule has 0 aromatic heterocycles. The second-order valence-corrected chi connectivity index (χ2v) is 5.09. The molecule has 0 bridgehead atoms. The molecule has 0 aromatic carbocycles. The molecule has 0 radical (unpaired) electrons. The van der Waals surface area contributed by atoms with Gasteiger partial charge in [-0.05, 0) is 38.6 Å². The Hall–Kier alpha value is -1.10. The highest BCUT2D eigenvalue weighted by molar-refractivity contribution is 5.90. The van der Waals surface area contributed by atoms with Crippen LogP contribution in [0.1, 0.15) is 44.9 Å². The van der Waals surface area contributed by atoms with Crippen molar-refractivity contribution in [2.45, 2.75) is 56.5 Å². The first-order valence-electron chi connectivity index (χ1n) is 6.43. The summed E-state index contributed by atoms with van der Waals surface area (Å²) in [5, 5.41) is 15.1. The molecule has 1 amide bonds. The lowest BCUT2D eigenvalue weighted by atomic mass is 9.76. The van der Waals surface area contributed by atoms with E-state index in [2.05, 4.69) is 10.6 Å². The fourth-order valence-corrected chi connectivity index (χ4v) is 2.50. The summed E-state index contributed by atoms with van der Waals surface area (Å²) in [7, 11) is 0. The molecule has 1 heterocycles. The lowest BCUT2D eigenvalue weighted by Gasteiger charge is -2.39. The van der Waals surface area contributed by atoms with Crippen LogP contribution in [0.3, 0.4) is 0 Å². The molecular weight excluding hydrogens is 220 g/mol. The summed E-state index contributed by atoms with van der Waals surface area (Å²) in [5.41, 5.74) is -0.981. The van der Waals surface area contributed by atoms with Gasteiger partial charge < -0.3 is 15.7 Å². The first-order valence-corrected chi connectivity index (χ1v) is 6.43. The highest BCUT2D eigenvalue weighted by Crippen LogP contribution is 2.32. The van der Waals surface area contributed by atoms with Gasteiger partial charge in [-0.1, -0.05) is 12.8 Å². The lowest BCUT2D eigenvalue weighted by Crippen LogP contribution is -2.62. The van der Waals surface area contributed by atoms with Crippen molar-refractivity contribution < 1.29 is 14.7 Å². The van der Waals surface area contributed by atoms with Crippen LogP contribution < -0.4 is 10.6 Å². The van der Waals surface area contributed by atoms with Crippen molar-refractivity contribution in [3.63, 3.8) is 0 Å². The maximum Gasteiger partial charge on any atom is 0.329 e. The third kappa shape index (κ3) is 2.60. The van der Waals surface area contributed by atoms with Gasteiger partial charge in [0, 0.05) is 0 Å². The van der Waals surface area contributed by atoms with Gasteiger partial charge in [-0.15, -0.1) is 0 Å². The van der Waals surface area contributed by atoms with E-state index in [9.17, 15) is 9.59 Å². The Balaban J connectivity index is 1.93. The summed E-state index contributed by atoms with van der Waals surface area (Å²) < 4.78 is 0. The van der Waals surface area contributed by atoms with Gasteiger partial charge in [0.05, 0.1) is 6.04 Å². The predicted molar refractivity (Wildman–Crippen MR) is 62.6 cm³/mol. The molecular formula is C12H20N2O3. The van der Waals surface area contributed by atoms with Crippen LogP contribution in [-0.4, -0.2) is 35.1 Å². The van der Waals surface area contributed by atoms with E-state index in [-0.39, 0.29) is 11.9 Å². The maximum absolute atomic E-state index is 12.0. The van der Waals surface area contributed by atoms with Crippen LogP contribution >= 0.6 is 0 Å². The summed E-state index contributed by atoms with van der Waals surface area (Å²) in [6.45, 7) is 0.845. The topological polar surface area (TPSA) is 78.4 Å². The predicted octanol–water partition coefficient (Wildman–Crippen LogP) is 0.642. The normalized spacial score (nSPS) is 27.6. The molecule has 1 aliphatic heterocycles. The number of hydrogen-bond acceptors (Lipinski definition) is 3. The lowest BCUT2D eigenvalue weighted by molar-refractivity contribution is -0.152. The van der Waals surface area contributed by atoms with Gasteiger partial charge >= 0.3 is 5.97 Å². The van der Waals surface area contributed by atoms with Crippen LogP contribution in [-0.2, 0) is 9.59 Å². The van der Waals surface area contributed by atoms with Gasteiger partial charge in [-0.2, -0.15) is 0 Å². The molecule has 0 aromatic rings. The van der Waals surface area contributed by atoms with Crippen LogP contribution in [0.15, 0.2) is 0 Å². The fraction of sp³-hybridized carbons (Fsp3) is 0.833. The van der Waals surface area contributed by atoms with Crippen molar-refractivity contribution >= 4 is 11.9 Å². The fourth-order valence-electron chi connectivity index (χ4n) is 2.50. The van der Waals surface area contributed by atoms with Crippen molar-refractivity contribution in [1.82, 2.24) is 10.6 Å². The third-order valence-electron chi connectivity index (χ3n) is 3.86. The quantitative estimate of drug-likeness (QED) is 0.676. The Morgan fingerprint density at radius 1 is 1.18 bits per heavy atom. The summed E-state index contributed by atoms with van der Waals surface area (Å²) >= 11 is 0. The Bertz CT molecular complexity index is 305. The van der Waals surface area contributed by atoms with Gasteiger partial charge in [0.15, 0.2) is 0 Å². The van der Waals surface area contributed by atoms with E-state index in [0.717, 1.165) is 38.6 Å². The molecule has 1 unspecified atom stereocenters. The number of rotatable bonds is 3. The first-order chi connectivity index (χ1) is 8.14. The highest BCUT2D eigenvalue weighted by Gasteiger charge is 2.46. The van der Waals surface area contributed by atoms with Gasteiger partial charge in [-0.3, -0.25) is 4.79 Å². The third-order valence-corrected chi connectivity index (χ3v) is 3.86. The monoisotopic (exact) mass is 240 g/mol. The van der Waals surface area contributed by atoms with Crippen molar-refractivity contribution in [2.75, 3.05) is 6.54 Å². The summed E-state index contributed by atoms with van der Waals surface area (Å²) in [4.78, 5) is 23.2. The van der Waals surface area contributed by atoms with Crippen molar-refractivity contribution in [3.8, 4) is 0 Å². The number of carbonyl (C=O) groups excluding carboxylic acids is 1. The Morgan fingerprint density at radius 3 is 2.53 bits per heavy atom. The molecule has 17 heavy (non-hydrogen) atoms. The number of amides is 1. The zero-order valence-electron chi connectivity index (χ0n) is 10.00. The number of carboxylic acid groups (broad SMARTS) is 1. The zero-order chi connectivity index (χ0) is 12.3. The Morgan fingerprint density at radius 2 is 1.94 bits per heavy atom. The average molecular weight is 240 g/mol. The number of nitrogens with one attached hydrogen (secondary N) is 2. The molecule has 5 nitrogen and oxygen atoms in total. The second kappa shape index (κ2) is 5.04. The van der Waals surface area contributed by atoms with E-state index < -0.39 is 11.5 Å². The van der Waals surface area contributed by atoms with Crippen molar-refractivity contribution in [1.29, 1.82) is 0 Å². The van der Waals surface area contributed by atoms with Gasteiger partial charge in [0.25, 0.3) is 0 Å². The van der Waals surface area contributed by atoms with Crippen LogP contribution in [0.25, 0.3) is 0 Å². The summed E-state index contributed by atoms with van der Waals surface area (Å²) in [6, 6.07) is -0.214. The second-order valence-electron chi connectivity index (χ2n) is 5.09. The van der Waals surface area contributed by atoms with E-state index in [1.165, 1.54) is 0 Å². The van der Waals surface area contributed by atoms with Crippen LogP contribution in [0, 0.1) is 0 Å². The Labute approximate surface area is 101 Å². The largest absolute Gasteiger partial charge is 0.480 e. The van der Waals surface area contributed by atoms with E-state index >= 15 is 0 Å². The maximum atomic E-state index is 12.0. The minimum atomic E-state index is -0.981. The van der Waals surface area contributed by atoms with Crippen molar-refractivity contribution in [3.05, 3.63) is 0 Å². The number of aliphatic carboxylic acids is 1. The Kier molecular flexibility index (Phi) is 3.66. The highest BCUT2D eigenvalue weighted by atomic mass is 16.4. The summed E-state index contributed by atoms with van der Waals surface area (Å²) in [5.74, 6) is -1.04. The standard InChI is InChI=1S/C12H20N2O3/c15-10(9-5-2-1-3-8-13-9)14-12(11(16)17)6-4-7-12/h9,13H,1-8H2,(H,14,15)(H,16,17). The molecule has 1 saturated heterocycles. The van der Waals surface area contributed by atoms with Crippen LogP contribution in [0.4, 0.5) is 0 Å². The van der Waals surface area contributed by atoms with Gasteiger partial charge in [0.2, 0.25) is 5.91 Å². The minimum absolute atomic E-state index is 0.144. The molecule has 0 spiro atoms. The van der Waals surface area contributed by atoms with E-state index in [0.29, 0.717) is 12.8 Å². The van der Waals surface area contributed by atoms with Crippen LogP contribution in [0.2, 0.25) is 0 Å². The molecule has 2 fully saturated rings. The zero-order valence-corrected chi connectivity index (χ0v) is 10.00. The number of carboxylic acids is 1. The van der Waals surface area contributed by atoms with Crippen molar-refractivity contribution in [2.24, 2.45) is 0 Å². The van der Waals surface area contributed by atoms with E-state index in [4.69, 9.17) is 5.11 Å². The van der Waals surface area contributed by atoms with E-state index in [1.807, 2.05) is 0 Å². The smallest absolute Gasteiger partial charge is 0.329 e. The molecule has 1 atom stereocenters. The molecule has 5 heteroatoms. The molecule has 96 valence electrons. The average Bonchev–Trinajstić information content (AvgIpc) is 2.50. The molecule has 3 N–H and O–H groups in total. The minimum Gasteiger partial charge on any atom is -0.480 e. The molecule has 1 saturated carbocycles. The first kappa shape index (κ1) is 12.4. The van der Waals surface area contributed by atoms with Gasteiger partial charge in [0.1, 0.15) is 5.54 Å². The van der Waals surface area contributed by atoms with Crippen LogP contribution in [0.5, 0.6) is 0 Å². The van der Waals surface area contributed by atoms with Gasteiger partial charge in [-0.25, -0.2) is 4.79 Å². The SMILES string of the molecule is O=C(NC1(C(=O)O)CCC1)C1CCCCCN1. The molecule has 2 aliphatic rings. The molecule has 1 aliphatic carbocycles. The van der Waals surface area contributed by atoms with E-state index in [1.54, 1.807) is 0 Å². The summed E-state index contributed by atoms with van der Waals surface area (Å²) in [6.07, 6.45) is 6.06.